The monoisotopic (exact) mass is 574 g/mol. The SMILES string of the molecule is COCCCOc1cc(CN(C(=O)C2CNCC(COCc3ccccc3)O2)C2CC2)c(-c2ccccc2)cc1OC. The number of carbonyl (C=O) groups excluding carboxylic acids is 1. The van der Waals surface area contributed by atoms with Crippen LogP contribution in [0.25, 0.3) is 11.1 Å². The first-order chi connectivity index (χ1) is 20.7. The van der Waals surface area contributed by atoms with Gasteiger partial charge in [-0.2, -0.15) is 0 Å². The number of ether oxygens (including phenoxy) is 5. The lowest BCUT2D eigenvalue weighted by atomic mass is 9.98. The van der Waals surface area contributed by atoms with E-state index in [0.29, 0.717) is 57.6 Å². The topological polar surface area (TPSA) is 78.5 Å². The van der Waals surface area contributed by atoms with Gasteiger partial charge in [-0.05, 0) is 47.2 Å². The van der Waals surface area contributed by atoms with Crippen molar-refractivity contribution in [2.24, 2.45) is 0 Å². The average Bonchev–Trinajstić information content (AvgIpc) is 3.88. The third-order valence-corrected chi connectivity index (χ3v) is 7.59. The minimum absolute atomic E-state index is 0.00940. The van der Waals surface area contributed by atoms with Crippen LogP contribution in [0.5, 0.6) is 11.5 Å². The van der Waals surface area contributed by atoms with Gasteiger partial charge >= 0.3 is 0 Å². The summed E-state index contributed by atoms with van der Waals surface area (Å²) in [6.07, 6.45) is 2.00. The molecule has 0 radical (unpaired) electrons. The lowest BCUT2D eigenvalue weighted by Crippen LogP contribution is -2.54. The summed E-state index contributed by atoms with van der Waals surface area (Å²) < 4.78 is 29.2. The molecule has 8 heteroatoms. The lowest BCUT2D eigenvalue weighted by Gasteiger charge is -2.34. The molecule has 1 amide bonds. The van der Waals surface area contributed by atoms with Gasteiger partial charge in [-0.1, -0.05) is 60.7 Å². The van der Waals surface area contributed by atoms with Gasteiger partial charge in [0, 0.05) is 45.8 Å². The van der Waals surface area contributed by atoms with E-state index in [2.05, 4.69) is 17.4 Å². The van der Waals surface area contributed by atoms with Crippen molar-refractivity contribution in [2.45, 2.75) is 50.7 Å². The maximum atomic E-state index is 14.0. The molecule has 0 bridgehead atoms. The predicted octanol–water partition coefficient (Wildman–Crippen LogP) is 4.84. The molecule has 5 rings (SSSR count). The molecule has 1 N–H and O–H groups in total. The van der Waals surface area contributed by atoms with Crippen molar-refractivity contribution < 1.29 is 28.5 Å². The van der Waals surface area contributed by atoms with E-state index in [-0.39, 0.29) is 18.1 Å². The molecule has 8 nitrogen and oxygen atoms in total. The zero-order valence-corrected chi connectivity index (χ0v) is 24.6. The number of hydrogen-bond donors (Lipinski definition) is 1. The Kier molecular flexibility index (Phi) is 10.8. The number of amides is 1. The molecule has 1 aliphatic carbocycles. The maximum absolute atomic E-state index is 14.0. The van der Waals surface area contributed by atoms with Gasteiger partial charge in [0.05, 0.1) is 33.0 Å². The normalized spacial score (nSPS) is 18.4. The number of morpholine rings is 1. The first-order valence-electron chi connectivity index (χ1n) is 14.8. The van der Waals surface area contributed by atoms with Gasteiger partial charge < -0.3 is 33.9 Å². The second kappa shape index (κ2) is 15.2. The highest BCUT2D eigenvalue weighted by atomic mass is 16.5. The molecule has 1 saturated carbocycles. The van der Waals surface area contributed by atoms with Crippen molar-refractivity contribution in [1.29, 1.82) is 0 Å². The summed E-state index contributed by atoms with van der Waals surface area (Å²) in [4.78, 5) is 16.0. The molecule has 0 spiro atoms. The van der Waals surface area contributed by atoms with Crippen LogP contribution < -0.4 is 14.8 Å². The molecule has 1 heterocycles. The Morgan fingerprint density at radius 1 is 0.952 bits per heavy atom. The van der Waals surface area contributed by atoms with Crippen molar-refractivity contribution in [2.75, 3.05) is 47.1 Å². The van der Waals surface area contributed by atoms with Crippen molar-refractivity contribution in [3.8, 4) is 22.6 Å². The van der Waals surface area contributed by atoms with Crippen molar-refractivity contribution in [1.82, 2.24) is 10.2 Å². The van der Waals surface area contributed by atoms with E-state index in [1.807, 2.05) is 65.6 Å². The molecular weight excluding hydrogens is 532 g/mol. The van der Waals surface area contributed by atoms with Crippen molar-refractivity contribution >= 4 is 5.91 Å². The highest BCUT2D eigenvalue weighted by molar-refractivity contribution is 5.82. The average molecular weight is 575 g/mol. The second-order valence-electron chi connectivity index (χ2n) is 10.8. The van der Waals surface area contributed by atoms with Crippen LogP contribution >= 0.6 is 0 Å². The summed E-state index contributed by atoms with van der Waals surface area (Å²) in [5, 5.41) is 3.39. The predicted molar refractivity (Wildman–Crippen MR) is 162 cm³/mol. The van der Waals surface area contributed by atoms with Gasteiger partial charge in [0.25, 0.3) is 5.91 Å². The highest BCUT2D eigenvalue weighted by Gasteiger charge is 2.38. The van der Waals surface area contributed by atoms with Crippen LogP contribution in [-0.2, 0) is 32.2 Å². The fraction of sp³-hybridized carbons (Fsp3) is 0.441. The standard InChI is InChI=1S/C34H42N2O6/c1-38-16-9-17-41-32-18-27(30(19-31(32)39-2)26-12-7-4-8-13-26)22-36(28-14-15-28)34(37)33-21-35-20-29(42-33)24-40-23-25-10-5-3-6-11-25/h3-8,10-13,18-19,28-29,33,35H,9,14-17,20-24H2,1-2H3. The van der Waals surface area contributed by atoms with Gasteiger partial charge in [0.15, 0.2) is 11.5 Å². The number of carbonyl (C=O) groups is 1. The molecule has 3 aromatic rings. The van der Waals surface area contributed by atoms with Crippen LogP contribution in [0.4, 0.5) is 0 Å². The molecule has 0 aromatic heterocycles. The number of nitrogens with zero attached hydrogens (tertiary/aromatic N) is 1. The largest absolute Gasteiger partial charge is 0.493 e. The molecule has 2 fully saturated rings. The molecule has 2 aliphatic rings. The number of rotatable bonds is 15. The maximum Gasteiger partial charge on any atom is 0.253 e. The van der Waals surface area contributed by atoms with E-state index < -0.39 is 6.10 Å². The summed E-state index contributed by atoms with van der Waals surface area (Å²) in [5.41, 5.74) is 4.20. The fourth-order valence-electron chi connectivity index (χ4n) is 5.25. The second-order valence-corrected chi connectivity index (χ2v) is 10.8. The summed E-state index contributed by atoms with van der Waals surface area (Å²) in [6, 6.07) is 24.5. The zero-order valence-electron chi connectivity index (χ0n) is 24.6. The van der Waals surface area contributed by atoms with Crippen molar-refractivity contribution in [3.63, 3.8) is 0 Å². The Hall–Kier alpha value is -3.43. The number of benzene rings is 3. The highest BCUT2D eigenvalue weighted by Crippen LogP contribution is 2.38. The summed E-state index contributed by atoms with van der Waals surface area (Å²) in [7, 11) is 3.33. The van der Waals surface area contributed by atoms with E-state index in [1.54, 1.807) is 14.2 Å². The minimum Gasteiger partial charge on any atom is -0.493 e. The Balaban J connectivity index is 1.31. The summed E-state index contributed by atoms with van der Waals surface area (Å²) in [5.74, 6) is 1.34. The molecule has 1 aliphatic heterocycles. The number of nitrogens with one attached hydrogen (secondary N) is 1. The molecule has 3 aromatic carbocycles. The molecule has 224 valence electrons. The quantitative estimate of drug-likeness (QED) is 0.260. The molecular formula is C34H42N2O6. The van der Waals surface area contributed by atoms with E-state index >= 15 is 0 Å². The van der Waals surface area contributed by atoms with Gasteiger partial charge in [-0.3, -0.25) is 4.79 Å². The van der Waals surface area contributed by atoms with Crippen LogP contribution in [0.3, 0.4) is 0 Å². The zero-order chi connectivity index (χ0) is 29.1. The Morgan fingerprint density at radius 2 is 1.71 bits per heavy atom. The van der Waals surface area contributed by atoms with Gasteiger partial charge in [0.2, 0.25) is 0 Å². The summed E-state index contributed by atoms with van der Waals surface area (Å²) >= 11 is 0. The van der Waals surface area contributed by atoms with Gasteiger partial charge in [-0.15, -0.1) is 0 Å². The van der Waals surface area contributed by atoms with E-state index in [1.165, 1.54) is 0 Å². The van der Waals surface area contributed by atoms with E-state index in [4.69, 9.17) is 23.7 Å². The first kappa shape index (κ1) is 30.0. The Labute approximate surface area is 248 Å². The third-order valence-electron chi connectivity index (χ3n) is 7.59. The smallest absolute Gasteiger partial charge is 0.253 e. The van der Waals surface area contributed by atoms with Crippen LogP contribution in [0, 0.1) is 0 Å². The van der Waals surface area contributed by atoms with Crippen molar-refractivity contribution in [3.05, 3.63) is 83.9 Å². The lowest BCUT2D eigenvalue weighted by molar-refractivity contribution is -0.155. The van der Waals surface area contributed by atoms with Crippen LogP contribution in [0.1, 0.15) is 30.4 Å². The molecule has 1 saturated heterocycles. The molecule has 2 unspecified atom stereocenters. The van der Waals surface area contributed by atoms with Crippen LogP contribution in [-0.4, -0.2) is 76.2 Å². The molecule has 42 heavy (non-hydrogen) atoms. The van der Waals surface area contributed by atoms with Gasteiger partial charge in [-0.25, -0.2) is 0 Å². The van der Waals surface area contributed by atoms with Crippen LogP contribution in [0.2, 0.25) is 0 Å². The minimum atomic E-state index is -0.562. The van der Waals surface area contributed by atoms with E-state index in [0.717, 1.165) is 41.5 Å². The fourth-order valence-corrected chi connectivity index (χ4v) is 5.25. The molecule has 2 atom stereocenters. The number of methoxy groups -OCH3 is 2. The van der Waals surface area contributed by atoms with E-state index in [9.17, 15) is 4.79 Å². The summed E-state index contributed by atoms with van der Waals surface area (Å²) in [6.45, 7) is 3.67. The first-order valence-corrected chi connectivity index (χ1v) is 14.8. The Morgan fingerprint density at radius 3 is 2.43 bits per heavy atom. The van der Waals surface area contributed by atoms with Crippen LogP contribution in [0.15, 0.2) is 72.8 Å². The Bertz CT molecular complexity index is 1270. The number of hydrogen-bond acceptors (Lipinski definition) is 7. The van der Waals surface area contributed by atoms with Gasteiger partial charge in [0.1, 0.15) is 6.10 Å². The third kappa shape index (κ3) is 8.10.